The van der Waals surface area contributed by atoms with Gasteiger partial charge in [0, 0.05) is 45.2 Å². The van der Waals surface area contributed by atoms with Crippen molar-refractivity contribution in [1.29, 1.82) is 0 Å². The lowest BCUT2D eigenvalue weighted by atomic mass is 9.94. The topological polar surface area (TPSA) is 120 Å². The number of ether oxygens (including phenoxy) is 1. The van der Waals surface area contributed by atoms with E-state index in [0.717, 1.165) is 54.2 Å². The molecule has 3 aliphatic heterocycles. The van der Waals surface area contributed by atoms with Crippen molar-refractivity contribution in [3.8, 4) is 5.75 Å². The molecule has 3 fully saturated rings. The predicted octanol–water partition coefficient (Wildman–Crippen LogP) is 3.50. The van der Waals surface area contributed by atoms with Crippen LogP contribution in [-0.2, 0) is 32.1 Å². The van der Waals surface area contributed by atoms with Crippen LogP contribution < -0.4 is 20.7 Å². The second-order valence-corrected chi connectivity index (χ2v) is 14.3. The van der Waals surface area contributed by atoms with Crippen molar-refractivity contribution in [2.75, 3.05) is 32.8 Å². The number of carbonyl (C=O) groups is 4. The molecule has 2 aromatic rings. The van der Waals surface area contributed by atoms with Crippen LogP contribution in [0.3, 0.4) is 0 Å². The summed E-state index contributed by atoms with van der Waals surface area (Å²) in [6.45, 7) is 5.72. The van der Waals surface area contributed by atoms with E-state index in [1.54, 1.807) is 0 Å². The third-order valence-corrected chi connectivity index (χ3v) is 10.8. The van der Waals surface area contributed by atoms with E-state index in [9.17, 15) is 19.2 Å². The summed E-state index contributed by atoms with van der Waals surface area (Å²) in [6, 6.07) is 14.4. The summed E-state index contributed by atoms with van der Waals surface area (Å²) in [7, 11) is 0. The van der Waals surface area contributed by atoms with Gasteiger partial charge >= 0.3 is 0 Å². The van der Waals surface area contributed by atoms with E-state index in [2.05, 4.69) is 20.9 Å². The van der Waals surface area contributed by atoms with Gasteiger partial charge in [-0.05, 0) is 98.9 Å². The molecule has 3 unspecified atom stereocenters. The third kappa shape index (κ3) is 8.95. The minimum Gasteiger partial charge on any atom is -0.494 e. The highest BCUT2D eigenvalue weighted by atomic mass is 16.5. The lowest BCUT2D eigenvalue weighted by Gasteiger charge is -2.34. The number of nitrogens with zero attached hydrogens (tertiary/aromatic N) is 2. The van der Waals surface area contributed by atoms with Gasteiger partial charge in [-0.15, -0.1) is 0 Å². The monoisotopic (exact) mass is 657 g/mol. The summed E-state index contributed by atoms with van der Waals surface area (Å²) >= 11 is 0. The van der Waals surface area contributed by atoms with Crippen LogP contribution in [0.25, 0.3) is 0 Å². The molecule has 3 N–H and O–H groups in total. The van der Waals surface area contributed by atoms with Gasteiger partial charge in [0.15, 0.2) is 0 Å². The normalized spacial score (nSPS) is 27.0. The second-order valence-electron chi connectivity index (χ2n) is 14.3. The van der Waals surface area contributed by atoms with Crippen LogP contribution in [0.1, 0.15) is 74.5 Å². The fraction of sp³-hybridized carbons (Fsp3) is 0.579. The summed E-state index contributed by atoms with van der Waals surface area (Å²) in [5.41, 5.74) is 3.03. The summed E-state index contributed by atoms with van der Waals surface area (Å²) in [4.78, 5) is 58.9. The zero-order valence-corrected chi connectivity index (χ0v) is 28.3. The molecule has 4 aliphatic rings. The highest BCUT2D eigenvalue weighted by molar-refractivity contribution is 5.95. The number of piperidine rings is 2. The average molecular weight is 658 g/mol. The molecule has 1 aliphatic carbocycles. The van der Waals surface area contributed by atoms with Crippen molar-refractivity contribution in [3.05, 3.63) is 65.2 Å². The Kier molecular flexibility index (Phi) is 11.3. The molecule has 5 atom stereocenters. The quantitative estimate of drug-likeness (QED) is 0.420. The highest BCUT2D eigenvalue weighted by Crippen LogP contribution is 2.37. The first-order chi connectivity index (χ1) is 23.3. The van der Waals surface area contributed by atoms with Crippen LogP contribution in [0.2, 0.25) is 0 Å². The van der Waals surface area contributed by atoms with E-state index in [-0.39, 0.29) is 37.1 Å². The summed E-state index contributed by atoms with van der Waals surface area (Å²) in [5.74, 6) is 0.548. The third-order valence-electron chi connectivity index (χ3n) is 10.8. The largest absolute Gasteiger partial charge is 0.494 e. The SMILES string of the molecule is Cc1ccc2cc1CNC(=O)[C@H](CCc1ccccc1)NC(=O)[C@@H](NC(=O)CCN1CC3CCC1C3)CC(=O)N1CCCC(CCO2)C1. The number of fused-ring (bicyclic) bond motifs is 6. The fourth-order valence-corrected chi connectivity index (χ4v) is 7.93. The molecule has 4 amide bonds. The zero-order chi connectivity index (χ0) is 33.5. The molecule has 0 radical (unpaired) electrons. The van der Waals surface area contributed by atoms with Crippen molar-refractivity contribution in [2.24, 2.45) is 11.8 Å². The molecule has 2 saturated heterocycles. The maximum atomic E-state index is 14.0. The summed E-state index contributed by atoms with van der Waals surface area (Å²) in [6.07, 6.45) is 7.44. The average Bonchev–Trinajstić information content (AvgIpc) is 3.73. The number of aryl methyl sites for hydroxylation is 2. The number of likely N-dealkylation sites (tertiary alicyclic amines) is 1. The van der Waals surface area contributed by atoms with Crippen LogP contribution in [0.4, 0.5) is 0 Å². The Hall–Kier alpha value is -3.92. The van der Waals surface area contributed by atoms with Crippen molar-refractivity contribution in [1.82, 2.24) is 25.8 Å². The van der Waals surface area contributed by atoms with E-state index in [1.165, 1.54) is 19.3 Å². The van der Waals surface area contributed by atoms with Gasteiger partial charge in [0.1, 0.15) is 17.8 Å². The van der Waals surface area contributed by atoms with E-state index >= 15 is 0 Å². The Balaban J connectivity index is 1.20. The van der Waals surface area contributed by atoms with E-state index < -0.39 is 18.0 Å². The zero-order valence-electron chi connectivity index (χ0n) is 28.3. The maximum absolute atomic E-state index is 14.0. The molecular formula is C38H51N5O5. The van der Waals surface area contributed by atoms with Crippen LogP contribution in [-0.4, -0.2) is 84.3 Å². The van der Waals surface area contributed by atoms with Gasteiger partial charge in [0.2, 0.25) is 23.6 Å². The molecule has 0 aromatic heterocycles. The van der Waals surface area contributed by atoms with Crippen LogP contribution >= 0.6 is 0 Å². The number of hydrogen-bond donors (Lipinski definition) is 3. The number of hydrogen-bond acceptors (Lipinski definition) is 6. The first kappa shape index (κ1) is 34.0. The Morgan fingerprint density at radius 1 is 0.979 bits per heavy atom. The van der Waals surface area contributed by atoms with Crippen molar-refractivity contribution >= 4 is 23.6 Å². The molecule has 258 valence electrons. The van der Waals surface area contributed by atoms with Gasteiger partial charge in [-0.1, -0.05) is 36.4 Å². The van der Waals surface area contributed by atoms with Crippen molar-refractivity contribution in [3.63, 3.8) is 0 Å². The molecule has 10 heteroatoms. The van der Waals surface area contributed by atoms with E-state index in [4.69, 9.17) is 4.74 Å². The van der Waals surface area contributed by atoms with Gasteiger partial charge < -0.3 is 25.6 Å². The first-order valence-electron chi connectivity index (χ1n) is 18.0. The van der Waals surface area contributed by atoms with Gasteiger partial charge in [0.05, 0.1) is 13.0 Å². The molecule has 6 bridgehead atoms. The number of nitrogens with one attached hydrogen (secondary N) is 3. The highest BCUT2D eigenvalue weighted by Gasteiger charge is 2.38. The van der Waals surface area contributed by atoms with Gasteiger partial charge in [-0.3, -0.25) is 24.1 Å². The predicted molar refractivity (Wildman–Crippen MR) is 183 cm³/mol. The number of amides is 4. The minimum atomic E-state index is -1.08. The molecule has 48 heavy (non-hydrogen) atoms. The Labute approximate surface area is 284 Å². The molecule has 10 nitrogen and oxygen atoms in total. The maximum Gasteiger partial charge on any atom is 0.243 e. The lowest BCUT2D eigenvalue weighted by Crippen LogP contribution is -2.55. The number of rotatable bonds is 7. The van der Waals surface area contributed by atoms with E-state index in [1.807, 2.05) is 60.4 Å². The minimum absolute atomic E-state index is 0.147. The van der Waals surface area contributed by atoms with Gasteiger partial charge in [0.25, 0.3) is 0 Å². The standard InChI is InChI=1S/C38H51N5O5/c1-26-9-13-32-21-30(26)23-39-37(46)33(14-11-27-6-3-2-4-7-27)41-38(47)34(22-36(45)43-17-5-8-28(24-43)16-19-48-32)40-35(44)15-18-42-25-29-10-12-31(42)20-29/h2-4,6-7,9,13,21,28-29,31,33-34H,5,8,10-12,14-20,22-25H2,1H3,(H,39,46)(H,40,44)(H,41,47)/t28?,29?,31?,33-,34-/m0/s1. The summed E-state index contributed by atoms with van der Waals surface area (Å²) < 4.78 is 6.13. The van der Waals surface area contributed by atoms with Crippen molar-refractivity contribution in [2.45, 2.75) is 95.8 Å². The molecular weight excluding hydrogens is 606 g/mol. The van der Waals surface area contributed by atoms with Crippen LogP contribution in [0, 0.1) is 18.8 Å². The molecule has 2 aromatic carbocycles. The van der Waals surface area contributed by atoms with Gasteiger partial charge in [-0.2, -0.15) is 0 Å². The smallest absolute Gasteiger partial charge is 0.243 e. The number of benzene rings is 2. The Morgan fingerprint density at radius 3 is 2.62 bits per heavy atom. The van der Waals surface area contributed by atoms with Crippen molar-refractivity contribution < 1.29 is 23.9 Å². The summed E-state index contributed by atoms with van der Waals surface area (Å²) in [5, 5.41) is 8.87. The van der Waals surface area contributed by atoms with Gasteiger partial charge in [-0.25, -0.2) is 0 Å². The molecule has 6 rings (SSSR count). The lowest BCUT2D eigenvalue weighted by molar-refractivity contribution is -0.138. The molecule has 0 spiro atoms. The fourth-order valence-electron chi connectivity index (χ4n) is 7.93. The van der Waals surface area contributed by atoms with Crippen LogP contribution in [0.15, 0.2) is 48.5 Å². The number of carbonyl (C=O) groups excluding carboxylic acids is 4. The second kappa shape index (κ2) is 16.0. The van der Waals surface area contributed by atoms with Crippen LogP contribution in [0.5, 0.6) is 5.75 Å². The molecule has 3 heterocycles. The Morgan fingerprint density at radius 2 is 1.83 bits per heavy atom. The molecule has 1 saturated carbocycles. The Bertz CT molecular complexity index is 1450. The first-order valence-corrected chi connectivity index (χ1v) is 18.0. The van der Waals surface area contributed by atoms with E-state index in [0.29, 0.717) is 51.0 Å².